The highest BCUT2D eigenvalue weighted by atomic mass is 79.9. The van der Waals surface area contributed by atoms with Crippen LogP contribution in [-0.2, 0) is 0 Å². The lowest BCUT2D eigenvalue weighted by Crippen LogP contribution is -2.14. The van der Waals surface area contributed by atoms with E-state index in [1.165, 1.54) is 0 Å². The smallest absolute Gasteiger partial charge is 0.224 e. The largest absolute Gasteiger partial charge is 0.369 e. The van der Waals surface area contributed by atoms with E-state index in [0.29, 0.717) is 0 Å². The minimum Gasteiger partial charge on any atom is -0.369 e. The number of anilines is 1. The van der Waals surface area contributed by atoms with Crippen molar-refractivity contribution < 1.29 is 0 Å². The van der Waals surface area contributed by atoms with Gasteiger partial charge in [0.05, 0.1) is 4.47 Å². The van der Waals surface area contributed by atoms with E-state index < -0.39 is 0 Å². The first-order chi connectivity index (χ1) is 7.59. The first-order valence-electron chi connectivity index (χ1n) is 5.16. The van der Waals surface area contributed by atoms with E-state index in [0.717, 1.165) is 36.2 Å². The standard InChI is InChI=1S/C10H16BrClN4/c1-16(2)6-4-3-5-13-9-8(11)7-14-10(12)15-9/h7H,3-6H2,1-2H3,(H,13,14,15). The highest BCUT2D eigenvalue weighted by Gasteiger charge is 2.02. The van der Waals surface area contributed by atoms with Crippen molar-refractivity contribution in [1.82, 2.24) is 14.9 Å². The predicted octanol–water partition coefficient (Wildman–Crippen LogP) is 2.65. The molecular formula is C10H16BrClN4. The van der Waals surface area contributed by atoms with Gasteiger partial charge in [0.1, 0.15) is 5.82 Å². The normalized spacial score (nSPS) is 10.8. The second-order valence-corrected chi connectivity index (χ2v) is 4.97. The number of rotatable bonds is 6. The number of halogens is 2. The molecule has 0 bridgehead atoms. The summed E-state index contributed by atoms with van der Waals surface area (Å²) in [6.45, 7) is 1.99. The molecule has 16 heavy (non-hydrogen) atoms. The van der Waals surface area contributed by atoms with Gasteiger partial charge >= 0.3 is 0 Å². The van der Waals surface area contributed by atoms with Crippen LogP contribution in [0.4, 0.5) is 5.82 Å². The van der Waals surface area contributed by atoms with Gasteiger partial charge in [-0.1, -0.05) is 0 Å². The molecule has 0 saturated heterocycles. The molecule has 0 saturated carbocycles. The zero-order chi connectivity index (χ0) is 12.0. The van der Waals surface area contributed by atoms with Gasteiger partial charge in [-0.2, -0.15) is 4.98 Å². The highest BCUT2D eigenvalue weighted by Crippen LogP contribution is 2.19. The maximum absolute atomic E-state index is 5.71. The molecule has 0 aliphatic heterocycles. The Morgan fingerprint density at radius 1 is 1.44 bits per heavy atom. The van der Waals surface area contributed by atoms with E-state index in [2.05, 4.69) is 50.2 Å². The molecule has 0 fully saturated rings. The van der Waals surface area contributed by atoms with Crippen LogP contribution in [0.15, 0.2) is 10.7 Å². The summed E-state index contributed by atoms with van der Waals surface area (Å²) in [7, 11) is 4.16. The molecule has 90 valence electrons. The molecular weight excluding hydrogens is 291 g/mol. The summed E-state index contributed by atoms with van der Waals surface area (Å²) in [5.74, 6) is 0.754. The Hall–Kier alpha value is -0.390. The number of nitrogens with zero attached hydrogens (tertiary/aromatic N) is 3. The molecule has 1 aromatic heterocycles. The van der Waals surface area contributed by atoms with Crippen molar-refractivity contribution in [3.8, 4) is 0 Å². The summed E-state index contributed by atoms with van der Waals surface area (Å²) in [5, 5.41) is 3.49. The molecule has 1 aromatic rings. The third kappa shape index (κ3) is 5.09. The molecule has 0 atom stereocenters. The second-order valence-electron chi connectivity index (χ2n) is 3.77. The fourth-order valence-electron chi connectivity index (χ4n) is 1.23. The Bertz CT molecular complexity index is 333. The highest BCUT2D eigenvalue weighted by molar-refractivity contribution is 9.10. The van der Waals surface area contributed by atoms with Crippen molar-refractivity contribution in [3.63, 3.8) is 0 Å². The Morgan fingerprint density at radius 2 is 2.19 bits per heavy atom. The van der Waals surface area contributed by atoms with Gasteiger partial charge in [-0.25, -0.2) is 4.98 Å². The van der Waals surface area contributed by atoms with Crippen molar-refractivity contribution in [2.24, 2.45) is 0 Å². The Labute approximate surface area is 110 Å². The van der Waals surface area contributed by atoms with E-state index in [1.54, 1.807) is 6.20 Å². The topological polar surface area (TPSA) is 41.0 Å². The van der Waals surface area contributed by atoms with E-state index in [9.17, 15) is 0 Å². The van der Waals surface area contributed by atoms with Crippen LogP contribution in [0.2, 0.25) is 5.28 Å². The SMILES string of the molecule is CN(C)CCCCNc1nc(Cl)ncc1Br. The fourth-order valence-corrected chi connectivity index (χ4v) is 1.69. The zero-order valence-electron chi connectivity index (χ0n) is 9.50. The van der Waals surface area contributed by atoms with Crippen LogP contribution < -0.4 is 5.32 Å². The van der Waals surface area contributed by atoms with Gasteiger partial charge in [0.2, 0.25) is 5.28 Å². The lowest BCUT2D eigenvalue weighted by molar-refractivity contribution is 0.396. The van der Waals surface area contributed by atoms with Crippen molar-refractivity contribution in [2.45, 2.75) is 12.8 Å². The molecule has 0 amide bonds. The summed E-state index contributed by atoms with van der Waals surface area (Å²) in [5.41, 5.74) is 0. The van der Waals surface area contributed by atoms with Crippen LogP contribution in [0.5, 0.6) is 0 Å². The van der Waals surface area contributed by atoms with Crippen molar-refractivity contribution in [3.05, 3.63) is 16.0 Å². The lowest BCUT2D eigenvalue weighted by atomic mass is 10.3. The molecule has 0 aromatic carbocycles. The van der Waals surface area contributed by atoms with Gasteiger partial charge in [-0.15, -0.1) is 0 Å². The Balaban J connectivity index is 2.29. The van der Waals surface area contributed by atoms with Gasteiger partial charge in [0.15, 0.2) is 0 Å². The molecule has 0 aliphatic carbocycles. The van der Waals surface area contributed by atoms with Gasteiger partial charge in [0.25, 0.3) is 0 Å². The number of nitrogens with one attached hydrogen (secondary N) is 1. The molecule has 1 heterocycles. The van der Waals surface area contributed by atoms with E-state index in [1.807, 2.05) is 0 Å². The number of aromatic nitrogens is 2. The summed E-state index contributed by atoms with van der Waals surface area (Å²) in [6.07, 6.45) is 3.92. The summed E-state index contributed by atoms with van der Waals surface area (Å²) < 4.78 is 0.838. The molecule has 0 spiro atoms. The average molecular weight is 308 g/mol. The van der Waals surface area contributed by atoms with Gasteiger partial charge in [-0.05, 0) is 61.0 Å². The van der Waals surface area contributed by atoms with Gasteiger partial charge in [0, 0.05) is 12.7 Å². The average Bonchev–Trinajstić information content (AvgIpc) is 2.22. The maximum Gasteiger partial charge on any atom is 0.224 e. The quantitative estimate of drug-likeness (QED) is 0.648. The summed E-state index contributed by atoms with van der Waals surface area (Å²) in [4.78, 5) is 10.1. The van der Waals surface area contributed by atoms with Gasteiger partial charge < -0.3 is 10.2 Å². The second kappa shape index (κ2) is 7.04. The first-order valence-corrected chi connectivity index (χ1v) is 6.33. The maximum atomic E-state index is 5.71. The molecule has 1 rings (SSSR count). The Kier molecular flexibility index (Phi) is 6.01. The van der Waals surface area contributed by atoms with E-state index >= 15 is 0 Å². The zero-order valence-corrected chi connectivity index (χ0v) is 11.8. The Morgan fingerprint density at radius 3 is 2.88 bits per heavy atom. The lowest BCUT2D eigenvalue weighted by Gasteiger charge is -2.10. The third-order valence-electron chi connectivity index (χ3n) is 2.04. The first kappa shape index (κ1) is 13.7. The molecule has 0 unspecified atom stereocenters. The van der Waals surface area contributed by atoms with Crippen LogP contribution in [0, 0.1) is 0 Å². The molecule has 1 N–H and O–H groups in total. The van der Waals surface area contributed by atoms with Crippen LogP contribution in [-0.4, -0.2) is 42.1 Å². The van der Waals surface area contributed by atoms with E-state index in [4.69, 9.17) is 11.6 Å². The summed E-state index contributed by atoms with van der Waals surface area (Å²) >= 11 is 9.08. The molecule has 6 heteroatoms. The van der Waals surface area contributed by atoms with Crippen LogP contribution in [0.3, 0.4) is 0 Å². The number of hydrogen-bond donors (Lipinski definition) is 1. The third-order valence-corrected chi connectivity index (χ3v) is 2.80. The van der Waals surface area contributed by atoms with E-state index in [-0.39, 0.29) is 5.28 Å². The molecule has 4 nitrogen and oxygen atoms in total. The summed E-state index contributed by atoms with van der Waals surface area (Å²) in [6, 6.07) is 0. The fraction of sp³-hybridized carbons (Fsp3) is 0.600. The minimum absolute atomic E-state index is 0.263. The minimum atomic E-state index is 0.263. The van der Waals surface area contributed by atoms with Crippen LogP contribution in [0.25, 0.3) is 0 Å². The van der Waals surface area contributed by atoms with Crippen LogP contribution in [0.1, 0.15) is 12.8 Å². The number of hydrogen-bond acceptors (Lipinski definition) is 4. The molecule has 0 aliphatic rings. The molecule has 0 radical (unpaired) electrons. The van der Waals surface area contributed by atoms with Crippen molar-refractivity contribution in [2.75, 3.05) is 32.5 Å². The van der Waals surface area contributed by atoms with Crippen molar-refractivity contribution >= 4 is 33.3 Å². The monoisotopic (exact) mass is 306 g/mol. The number of unbranched alkanes of at least 4 members (excludes halogenated alkanes) is 1. The van der Waals surface area contributed by atoms with Crippen molar-refractivity contribution in [1.29, 1.82) is 0 Å². The predicted molar refractivity (Wildman–Crippen MR) is 71.0 cm³/mol. The van der Waals surface area contributed by atoms with Gasteiger partial charge in [-0.3, -0.25) is 0 Å². The van der Waals surface area contributed by atoms with Crippen LogP contribution >= 0.6 is 27.5 Å².